The molecule has 4 N–H and O–H groups in total. The molecule has 0 saturated carbocycles. The maximum absolute atomic E-state index is 12.9. The van der Waals surface area contributed by atoms with Gasteiger partial charge in [0.1, 0.15) is 5.37 Å². The number of nitrogens with one attached hydrogen (secondary N) is 3. The molecule has 2 amide bonds. The van der Waals surface area contributed by atoms with Crippen LogP contribution in [0.3, 0.4) is 0 Å². The Morgan fingerprint density at radius 2 is 1.75 bits per heavy atom. The van der Waals surface area contributed by atoms with Crippen molar-refractivity contribution in [3.05, 3.63) is 71.3 Å². The van der Waals surface area contributed by atoms with Crippen LogP contribution in [0.1, 0.15) is 32.3 Å². The van der Waals surface area contributed by atoms with Crippen molar-refractivity contribution >= 4 is 45.4 Å². The summed E-state index contributed by atoms with van der Waals surface area (Å²) in [5.74, 6) is -0.329. The van der Waals surface area contributed by atoms with E-state index in [0.717, 1.165) is 11.4 Å². The minimum atomic E-state index is -4.57. The zero-order chi connectivity index (χ0) is 26.3. The molecule has 0 radical (unpaired) electrons. The Kier molecular flexibility index (Phi) is 8.88. The van der Waals surface area contributed by atoms with Crippen LogP contribution in [0.5, 0.6) is 0 Å². The van der Waals surface area contributed by atoms with Gasteiger partial charge in [-0.05, 0) is 35.6 Å². The lowest BCUT2D eigenvalue weighted by atomic mass is 9.95. The van der Waals surface area contributed by atoms with Gasteiger partial charge in [-0.2, -0.15) is 8.42 Å². The number of thioether (sulfide) groups is 1. The van der Waals surface area contributed by atoms with Crippen LogP contribution in [-0.2, 0) is 26.3 Å². The smallest absolute Gasteiger partial charge is 0.408 e. The van der Waals surface area contributed by atoms with E-state index in [9.17, 15) is 22.6 Å². The van der Waals surface area contributed by atoms with E-state index in [0.29, 0.717) is 12.0 Å². The molecular formula is C24H30N4O6S2. The predicted octanol–water partition coefficient (Wildman–Crippen LogP) is 3.85. The number of hydrogen-bond donors (Lipinski definition) is 4. The van der Waals surface area contributed by atoms with Crippen LogP contribution in [0.4, 0.5) is 16.2 Å². The summed E-state index contributed by atoms with van der Waals surface area (Å²) >= 11 is 1.42. The van der Waals surface area contributed by atoms with Crippen molar-refractivity contribution in [2.45, 2.75) is 44.1 Å². The molecule has 10 nitrogen and oxygen atoms in total. The Morgan fingerprint density at radius 1 is 1.08 bits per heavy atom. The highest BCUT2D eigenvalue weighted by molar-refractivity contribution is 8.03. The van der Waals surface area contributed by atoms with Crippen LogP contribution in [0.15, 0.2) is 65.7 Å². The Balaban J connectivity index is 2.19. The van der Waals surface area contributed by atoms with E-state index < -0.39 is 27.4 Å². The van der Waals surface area contributed by atoms with Crippen LogP contribution in [-0.4, -0.2) is 43.1 Å². The number of carbonyl (C=O) groups excluding carboxylic acids is 2. The maximum Gasteiger partial charge on any atom is 0.408 e. The van der Waals surface area contributed by atoms with Crippen molar-refractivity contribution in [1.29, 1.82) is 0 Å². The highest BCUT2D eigenvalue weighted by Crippen LogP contribution is 2.43. The van der Waals surface area contributed by atoms with E-state index in [1.165, 1.54) is 24.9 Å². The molecule has 0 aliphatic carbocycles. The van der Waals surface area contributed by atoms with Crippen LogP contribution in [0, 0.1) is 0 Å². The number of para-hydroxylation sites is 2. The summed E-state index contributed by atoms with van der Waals surface area (Å²) in [6.07, 6.45) is 0.0326. The van der Waals surface area contributed by atoms with E-state index >= 15 is 0 Å². The molecule has 0 unspecified atom stereocenters. The minimum Gasteiger partial charge on any atom is -0.453 e. The molecule has 2 atom stereocenters. The average molecular weight is 535 g/mol. The largest absolute Gasteiger partial charge is 0.453 e. The average Bonchev–Trinajstić information content (AvgIpc) is 3.29. The molecule has 36 heavy (non-hydrogen) atoms. The van der Waals surface area contributed by atoms with Gasteiger partial charge in [0, 0.05) is 24.2 Å². The van der Waals surface area contributed by atoms with Crippen molar-refractivity contribution in [2.24, 2.45) is 0 Å². The first-order valence-electron chi connectivity index (χ1n) is 11.3. The molecule has 194 valence electrons. The number of rotatable bonds is 10. The number of amides is 2. The number of hydrogen-bond acceptors (Lipinski definition) is 7. The monoisotopic (exact) mass is 534 g/mol. The topological polar surface area (TPSA) is 137 Å². The fourth-order valence-corrected chi connectivity index (χ4v) is 5.86. The molecule has 2 aromatic carbocycles. The first-order chi connectivity index (χ1) is 17.1. The Bertz CT molecular complexity index is 1200. The third kappa shape index (κ3) is 6.50. The molecule has 2 aromatic rings. The Labute approximate surface area is 215 Å². The maximum atomic E-state index is 12.9. The molecular weight excluding hydrogens is 504 g/mol. The zero-order valence-electron chi connectivity index (χ0n) is 20.2. The summed E-state index contributed by atoms with van der Waals surface area (Å²) in [5.41, 5.74) is 0.917. The number of methoxy groups -OCH3 is 1. The lowest BCUT2D eigenvalue weighted by Gasteiger charge is -2.44. The molecule has 0 bridgehead atoms. The minimum absolute atomic E-state index is 0.0294. The van der Waals surface area contributed by atoms with Crippen molar-refractivity contribution in [3.63, 3.8) is 0 Å². The molecule has 0 spiro atoms. The number of anilines is 2. The third-order valence-electron chi connectivity index (χ3n) is 5.61. The normalized spacial score (nSPS) is 17.1. The van der Waals surface area contributed by atoms with Crippen LogP contribution < -0.4 is 20.3 Å². The highest BCUT2D eigenvalue weighted by atomic mass is 32.2. The van der Waals surface area contributed by atoms with Gasteiger partial charge < -0.3 is 15.0 Å². The number of benzene rings is 2. The fourth-order valence-electron chi connectivity index (χ4n) is 4.01. The summed E-state index contributed by atoms with van der Waals surface area (Å²) < 4.78 is 39.6. The van der Waals surface area contributed by atoms with Gasteiger partial charge in [0.05, 0.1) is 12.8 Å². The van der Waals surface area contributed by atoms with Gasteiger partial charge in [0.15, 0.2) is 5.66 Å². The number of allylic oxidation sites excluding steroid dienone is 1. The van der Waals surface area contributed by atoms with Crippen molar-refractivity contribution in [1.82, 2.24) is 10.6 Å². The van der Waals surface area contributed by atoms with Gasteiger partial charge in [-0.25, -0.2) is 4.79 Å². The quantitative estimate of drug-likeness (QED) is 0.266. The second kappa shape index (κ2) is 11.7. The summed E-state index contributed by atoms with van der Waals surface area (Å²) in [7, 11) is -3.35. The van der Waals surface area contributed by atoms with Crippen molar-refractivity contribution in [3.8, 4) is 0 Å². The van der Waals surface area contributed by atoms with Crippen LogP contribution >= 0.6 is 11.8 Å². The molecule has 12 heteroatoms. The molecule has 1 heterocycles. The highest BCUT2D eigenvalue weighted by Gasteiger charge is 2.48. The van der Waals surface area contributed by atoms with E-state index in [1.807, 2.05) is 47.6 Å². The van der Waals surface area contributed by atoms with Crippen molar-refractivity contribution in [2.75, 3.05) is 16.7 Å². The van der Waals surface area contributed by atoms with Crippen LogP contribution in [0.25, 0.3) is 0 Å². The Morgan fingerprint density at radius 3 is 2.36 bits per heavy atom. The number of ether oxygens (including phenoxy) is 1. The second-order valence-corrected chi connectivity index (χ2v) is 10.2. The molecule has 3 rings (SSSR count). The molecule has 1 aliphatic rings. The number of nitrogens with zero attached hydrogens (tertiary/aromatic N) is 1. The Hall–Kier alpha value is -3.22. The standard InChI is InChI=1S/C24H30N4O6S2/c1-4-18-16-35-22(28(18)19-12-7-6-8-13-19)24(25-21(29)5-2,26-23(30)34-3)15-17-11-9-10-14-20(17)27-36(31,32)33/h6-14,16,22,27H,4-5,15H2,1-3H3,(H,25,29)(H,26,30)(H,31,32,33)/t22-,24-/m0/s1. The predicted molar refractivity (Wildman–Crippen MR) is 141 cm³/mol. The number of carbonyl (C=O) groups is 2. The second-order valence-electron chi connectivity index (χ2n) is 8.06. The SMILES string of the molecule is CCC(=O)N[C@@](Cc1ccccc1NS(=O)(=O)O)(NC(=O)OC)[C@@H]1SC=C(CC)N1c1ccccc1. The van der Waals surface area contributed by atoms with E-state index in [1.54, 1.807) is 25.1 Å². The lowest BCUT2D eigenvalue weighted by Crippen LogP contribution is -2.70. The summed E-state index contributed by atoms with van der Waals surface area (Å²) in [6.45, 7) is 3.70. The summed E-state index contributed by atoms with van der Waals surface area (Å²) in [4.78, 5) is 27.6. The van der Waals surface area contributed by atoms with Crippen molar-refractivity contribution < 1.29 is 27.3 Å². The van der Waals surface area contributed by atoms with Gasteiger partial charge in [0.25, 0.3) is 0 Å². The number of alkyl carbamates (subject to hydrolysis) is 1. The molecule has 0 aromatic heterocycles. The van der Waals surface area contributed by atoms with E-state index in [2.05, 4.69) is 15.4 Å². The molecule has 1 aliphatic heterocycles. The zero-order valence-corrected chi connectivity index (χ0v) is 21.9. The molecule has 0 saturated heterocycles. The lowest BCUT2D eigenvalue weighted by molar-refractivity contribution is -0.123. The van der Waals surface area contributed by atoms with Gasteiger partial charge in [-0.1, -0.05) is 50.2 Å². The van der Waals surface area contributed by atoms with Gasteiger partial charge >= 0.3 is 16.4 Å². The van der Waals surface area contributed by atoms with Gasteiger partial charge in [-0.3, -0.25) is 19.4 Å². The summed E-state index contributed by atoms with van der Waals surface area (Å²) in [6, 6.07) is 16.0. The summed E-state index contributed by atoms with van der Waals surface area (Å²) in [5, 5.41) is 7.24. The third-order valence-corrected chi connectivity index (χ3v) is 7.37. The van der Waals surface area contributed by atoms with E-state index in [-0.39, 0.29) is 24.4 Å². The van der Waals surface area contributed by atoms with Gasteiger partial charge in [-0.15, -0.1) is 11.8 Å². The first kappa shape index (κ1) is 27.4. The molecule has 0 fully saturated rings. The van der Waals surface area contributed by atoms with Crippen LogP contribution in [0.2, 0.25) is 0 Å². The van der Waals surface area contributed by atoms with Gasteiger partial charge in [0.2, 0.25) is 5.91 Å². The fraction of sp³-hybridized carbons (Fsp3) is 0.333. The first-order valence-corrected chi connectivity index (χ1v) is 13.7. The van der Waals surface area contributed by atoms with E-state index in [4.69, 9.17) is 4.74 Å².